The number of esters is 1. The number of piperidine rings is 1. The van der Waals surface area contributed by atoms with E-state index in [9.17, 15) is 14.4 Å². The largest absolute Gasteiger partial charge is 0.452 e. The molecule has 0 aliphatic carbocycles. The predicted octanol–water partition coefficient (Wildman–Crippen LogP) is 3.69. The van der Waals surface area contributed by atoms with Gasteiger partial charge in [0.15, 0.2) is 6.61 Å². The topological polar surface area (TPSA) is 84.9 Å². The Morgan fingerprint density at radius 3 is 2.18 bits per heavy atom. The number of carbonyl (C=O) groups is 3. The highest BCUT2D eigenvalue weighted by Crippen LogP contribution is 2.21. The monoisotopic (exact) mass is 390 g/mol. The highest BCUT2D eigenvalue weighted by Gasteiger charge is 2.26. The average Bonchev–Trinajstić information content (AvgIpc) is 2.57. The Bertz CT molecular complexity index is 699. The molecule has 0 unspecified atom stereocenters. The van der Waals surface area contributed by atoms with Crippen molar-refractivity contribution in [2.75, 3.05) is 25.0 Å². The zero-order chi connectivity index (χ0) is 20.9. The number of nitrogens with one attached hydrogen (secondary N) is 1. The first-order chi connectivity index (χ1) is 13.0. The van der Waals surface area contributed by atoms with Crippen LogP contribution >= 0.6 is 0 Å². The van der Waals surface area contributed by atoms with Crippen molar-refractivity contribution >= 4 is 23.7 Å². The van der Waals surface area contributed by atoms with E-state index < -0.39 is 17.7 Å². The maximum atomic E-state index is 12.3. The SMILES string of the molecule is C[C@H]1C[C@H](C)CN(C(=O)COC(=O)c2ccc(NC(=O)OC(C)(C)C)cc2)C1. The number of hydrogen-bond acceptors (Lipinski definition) is 5. The maximum Gasteiger partial charge on any atom is 0.412 e. The predicted molar refractivity (Wildman–Crippen MR) is 106 cm³/mol. The maximum absolute atomic E-state index is 12.3. The third-order valence-corrected chi connectivity index (χ3v) is 4.31. The highest BCUT2D eigenvalue weighted by molar-refractivity contribution is 5.92. The smallest absolute Gasteiger partial charge is 0.412 e. The zero-order valence-corrected chi connectivity index (χ0v) is 17.3. The molecule has 1 aliphatic heterocycles. The van der Waals surface area contributed by atoms with E-state index in [-0.39, 0.29) is 12.5 Å². The minimum Gasteiger partial charge on any atom is -0.452 e. The van der Waals surface area contributed by atoms with Crippen LogP contribution in [0.2, 0.25) is 0 Å². The molecule has 2 rings (SSSR count). The summed E-state index contributed by atoms with van der Waals surface area (Å²) in [5.41, 5.74) is 0.214. The molecule has 1 N–H and O–H groups in total. The van der Waals surface area contributed by atoms with Crippen molar-refractivity contribution in [3.8, 4) is 0 Å². The molecule has 154 valence electrons. The summed E-state index contributed by atoms with van der Waals surface area (Å²) < 4.78 is 10.3. The van der Waals surface area contributed by atoms with Crippen LogP contribution in [0.1, 0.15) is 51.4 Å². The Kier molecular flexibility index (Phi) is 7.05. The molecule has 0 bridgehead atoms. The Balaban J connectivity index is 1.84. The molecule has 0 radical (unpaired) electrons. The van der Waals surface area contributed by atoms with Crippen LogP contribution in [0.4, 0.5) is 10.5 Å². The molecular weight excluding hydrogens is 360 g/mol. The highest BCUT2D eigenvalue weighted by atomic mass is 16.6. The molecule has 1 saturated heterocycles. The van der Waals surface area contributed by atoms with E-state index in [1.54, 1.807) is 37.8 Å². The fourth-order valence-corrected chi connectivity index (χ4v) is 3.28. The van der Waals surface area contributed by atoms with Crippen molar-refractivity contribution in [1.82, 2.24) is 4.90 Å². The van der Waals surface area contributed by atoms with Gasteiger partial charge in [-0.15, -0.1) is 0 Å². The first kappa shape index (κ1) is 21.7. The summed E-state index contributed by atoms with van der Waals surface area (Å²) in [5, 5.41) is 2.59. The number of benzene rings is 1. The number of likely N-dealkylation sites (tertiary alicyclic amines) is 1. The van der Waals surface area contributed by atoms with Gasteiger partial charge in [0.1, 0.15) is 5.60 Å². The van der Waals surface area contributed by atoms with Crippen LogP contribution in [0.25, 0.3) is 0 Å². The van der Waals surface area contributed by atoms with Gasteiger partial charge in [0.2, 0.25) is 0 Å². The van der Waals surface area contributed by atoms with Crippen LogP contribution in [-0.2, 0) is 14.3 Å². The molecule has 1 aromatic carbocycles. The molecule has 28 heavy (non-hydrogen) atoms. The van der Waals surface area contributed by atoms with Crippen LogP contribution in [-0.4, -0.2) is 48.2 Å². The molecule has 1 heterocycles. The van der Waals surface area contributed by atoms with E-state index in [0.29, 0.717) is 36.2 Å². The number of anilines is 1. The quantitative estimate of drug-likeness (QED) is 0.793. The molecule has 1 aliphatic rings. The first-order valence-electron chi connectivity index (χ1n) is 9.58. The fourth-order valence-electron chi connectivity index (χ4n) is 3.28. The van der Waals surface area contributed by atoms with E-state index in [1.807, 2.05) is 0 Å². The van der Waals surface area contributed by atoms with E-state index in [4.69, 9.17) is 9.47 Å². The van der Waals surface area contributed by atoms with E-state index in [0.717, 1.165) is 6.42 Å². The summed E-state index contributed by atoms with van der Waals surface area (Å²) in [6.45, 7) is 10.7. The summed E-state index contributed by atoms with van der Waals surface area (Å²) >= 11 is 0. The Morgan fingerprint density at radius 2 is 1.64 bits per heavy atom. The van der Waals surface area contributed by atoms with Crippen molar-refractivity contribution in [1.29, 1.82) is 0 Å². The standard InChI is InChI=1S/C21H30N2O5/c1-14-10-15(2)12-23(11-14)18(24)13-27-19(25)16-6-8-17(9-7-16)22-20(26)28-21(3,4)5/h6-9,14-15H,10-13H2,1-5H3,(H,22,26)/t14-,15-/m0/s1. The van der Waals surface area contributed by atoms with Crippen molar-refractivity contribution in [2.24, 2.45) is 11.8 Å². The minimum atomic E-state index is -0.593. The lowest BCUT2D eigenvalue weighted by atomic mass is 9.92. The third kappa shape index (κ3) is 6.87. The lowest BCUT2D eigenvalue weighted by molar-refractivity contribution is -0.137. The molecule has 1 fully saturated rings. The Labute approximate surface area is 166 Å². The van der Waals surface area contributed by atoms with Gasteiger partial charge in [0.05, 0.1) is 5.56 Å². The Hall–Kier alpha value is -2.57. The second-order valence-corrected chi connectivity index (χ2v) is 8.53. The van der Waals surface area contributed by atoms with Crippen LogP contribution in [0.3, 0.4) is 0 Å². The number of carbonyl (C=O) groups excluding carboxylic acids is 3. The van der Waals surface area contributed by atoms with Gasteiger partial charge in [-0.05, 0) is 63.3 Å². The number of amides is 2. The number of nitrogens with zero attached hydrogens (tertiary/aromatic N) is 1. The fraction of sp³-hybridized carbons (Fsp3) is 0.571. The van der Waals surface area contributed by atoms with E-state index in [2.05, 4.69) is 19.2 Å². The number of rotatable bonds is 4. The zero-order valence-electron chi connectivity index (χ0n) is 17.3. The summed E-state index contributed by atoms with van der Waals surface area (Å²) in [5.74, 6) is 0.159. The molecule has 2 atom stereocenters. The molecular formula is C21H30N2O5. The Morgan fingerprint density at radius 1 is 1.07 bits per heavy atom. The van der Waals surface area contributed by atoms with Gasteiger partial charge >= 0.3 is 12.1 Å². The second kappa shape index (κ2) is 9.08. The van der Waals surface area contributed by atoms with Gasteiger partial charge in [0.25, 0.3) is 5.91 Å². The molecule has 1 aromatic rings. The van der Waals surface area contributed by atoms with Gasteiger partial charge in [0, 0.05) is 18.8 Å². The summed E-state index contributed by atoms with van der Waals surface area (Å²) in [6, 6.07) is 6.22. The summed E-state index contributed by atoms with van der Waals surface area (Å²) in [6.07, 6.45) is 0.533. The van der Waals surface area contributed by atoms with E-state index >= 15 is 0 Å². The van der Waals surface area contributed by atoms with Gasteiger partial charge in [-0.2, -0.15) is 0 Å². The second-order valence-electron chi connectivity index (χ2n) is 8.53. The van der Waals surface area contributed by atoms with Crippen molar-refractivity contribution in [3.63, 3.8) is 0 Å². The van der Waals surface area contributed by atoms with Gasteiger partial charge in [-0.25, -0.2) is 9.59 Å². The molecule has 2 amide bonds. The summed E-state index contributed by atoms with van der Waals surface area (Å²) in [4.78, 5) is 38.0. The van der Waals surface area contributed by atoms with Crippen LogP contribution in [0.5, 0.6) is 0 Å². The minimum absolute atomic E-state index is 0.171. The van der Waals surface area contributed by atoms with Crippen molar-refractivity contribution in [2.45, 2.75) is 46.6 Å². The molecule has 0 spiro atoms. The van der Waals surface area contributed by atoms with Gasteiger partial charge < -0.3 is 14.4 Å². The van der Waals surface area contributed by atoms with Crippen LogP contribution in [0, 0.1) is 11.8 Å². The van der Waals surface area contributed by atoms with E-state index in [1.165, 1.54) is 12.1 Å². The lowest BCUT2D eigenvalue weighted by Gasteiger charge is -2.34. The number of ether oxygens (including phenoxy) is 2. The molecule has 7 heteroatoms. The number of hydrogen-bond donors (Lipinski definition) is 1. The molecule has 0 aromatic heterocycles. The third-order valence-electron chi connectivity index (χ3n) is 4.31. The average molecular weight is 390 g/mol. The molecule has 7 nitrogen and oxygen atoms in total. The first-order valence-corrected chi connectivity index (χ1v) is 9.58. The van der Waals surface area contributed by atoms with Crippen molar-refractivity contribution in [3.05, 3.63) is 29.8 Å². The normalized spacial score (nSPS) is 19.7. The summed E-state index contributed by atoms with van der Waals surface area (Å²) in [7, 11) is 0. The molecule has 0 saturated carbocycles. The van der Waals surface area contributed by atoms with Gasteiger partial charge in [-0.3, -0.25) is 10.1 Å². The lowest BCUT2D eigenvalue weighted by Crippen LogP contribution is -2.44. The van der Waals surface area contributed by atoms with Crippen molar-refractivity contribution < 1.29 is 23.9 Å². The van der Waals surface area contributed by atoms with Gasteiger partial charge in [-0.1, -0.05) is 13.8 Å². The van der Waals surface area contributed by atoms with Crippen LogP contribution < -0.4 is 5.32 Å². The van der Waals surface area contributed by atoms with Crippen LogP contribution in [0.15, 0.2) is 24.3 Å².